The number of amides is 3. The summed E-state index contributed by atoms with van der Waals surface area (Å²) in [6, 6.07) is 5.35. The zero-order valence-electron chi connectivity index (χ0n) is 19.0. The highest BCUT2D eigenvalue weighted by Crippen LogP contribution is 2.38. The summed E-state index contributed by atoms with van der Waals surface area (Å²) < 4.78 is 42.2. The Bertz CT molecular complexity index is 999. The van der Waals surface area contributed by atoms with E-state index in [0.717, 1.165) is 6.07 Å². The number of nitrogens with zero attached hydrogens (tertiary/aromatic N) is 2. The first-order valence-electron chi connectivity index (χ1n) is 11.1. The fourth-order valence-corrected chi connectivity index (χ4v) is 3.89. The lowest BCUT2D eigenvalue weighted by molar-refractivity contribution is -0.274. The number of piperidine rings is 1. The third-order valence-corrected chi connectivity index (χ3v) is 6.00. The largest absolute Gasteiger partial charge is 0.573 e. The topological polar surface area (TPSA) is 112 Å². The number of nitrogens with one attached hydrogen (secondary N) is 2. The molecule has 8 nitrogen and oxygen atoms in total. The van der Waals surface area contributed by atoms with Crippen molar-refractivity contribution in [3.63, 3.8) is 0 Å². The predicted octanol–water partition coefficient (Wildman–Crippen LogP) is 2.62. The van der Waals surface area contributed by atoms with Crippen LogP contribution in [0.25, 0.3) is 0 Å². The molecule has 3 rings (SSSR count). The van der Waals surface area contributed by atoms with Crippen molar-refractivity contribution < 1.29 is 32.3 Å². The van der Waals surface area contributed by atoms with Gasteiger partial charge in [0.15, 0.2) is 0 Å². The van der Waals surface area contributed by atoms with Crippen molar-refractivity contribution >= 4 is 17.7 Å². The highest BCUT2D eigenvalue weighted by Gasteiger charge is 2.53. The minimum absolute atomic E-state index is 0.00526. The average Bonchev–Trinajstić information content (AvgIpc) is 3.56. The maximum absolute atomic E-state index is 13.1. The summed E-state index contributed by atoms with van der Waals surface area (Å²) in [7, 11) is 0. The Morgan fingerprint density at radius 2 is 2.00 bits per heavy atom. The maximum atomic E-state index is 13.1. The van der Waals surface area contributed by atoms with Crippen molar-refractivity contribution in [2.75, 3.05) is 13.1 Å². The molecule has 3 amide bonds. The summed E-state index contributed by atoms with van der Waals surface area (Å²) in [6.45, 7) is 3.91. The second kappa shape index (κ2) is 9.91. The molecule has 34 heavy (non-hydrogen) atoms. The number of hydrogen-bond donors (Lipinski definition) is 2. The molecule has 0 radical (unpaired) electrons. The lowest BCUT2D eigenvalue weighted by Gasteiger charge is -2.35. The maximum Gasteiger partial charge on any atom is 0.573 e. The summed E-state index contributed by atoms with van der Waals surface area (Å²) in [5.74, 6) is -2.12. The van der Waals surface area contributed by atoms with Gasteiger partial charge in [-0.15, -0.1) is 13.2 Å². The van der Waals surface area contributed by atoms with Gasteiger partial charge in [0.2, 0.25) is 17.7 Å². The minimum Gasteiger partial charge on any atom is -0.405 e. The van der Waals surface area contributed by atoms with Crippen LogP contribution < -0.4 is 15.4 Å². The fraction of sp³-hybridized carbons (Fsp3) is 0.565. The van der Waals surface area contributed by atoms with Crippen molar-refractivity contribution in [3.05, 3.63) is 29.3 Å². The minimum atomic E-state index is -4.94. The quantitative estimate of drug-likeness (QED) is 0.623. The summed E-state index contributed by atoms with van der Waals surface area (Å²) in [6.07, 6.45) is -2.71. The van der Waals surface area contributed by atoms with E-state index >= 15 is 0 Å². The normalized spacial score (nSPS) is 19.2. The molecule has 1 saturated heterocycles. The van der Waals surface area contributed by atoms with Gasteiger partial charge in [-0.25, -0.2) is 0 Å². The van der Waals surface area contributed by atoms with Crippen LogP contribution in [0, 0.1) is 23.2 Å². The van der Waals surface area contributed by atoms with Crippen LogP contribution in [0.5, 0.6) is 5.75 Å². The van der Waals surface area contributed by atoms with Crippen molar-refractivity contribution in [1.29, 1.82) is 5.26 Å². The van der Waals surface area contributed by atoms with Gasteiger partial charge in [-0.2, -0.15) is 5.26 Å². The standard InChI is InChI=1S/C23H27F3N4O4/c1-14(2)19(31)29-22(7-8-22)21(33)30-9-3-4-17(13-30)20(32)28-12-16-6-5-15(11-27)10-18(16)34-23(24,25)26/h5-6,10,14,17H,3-4,7-9,12-13H2,1-2H3,(H,28,32)(H,29,31)/t17-/m1/s1. The van der Waals surface area contributed by atoms with Gasteiger partial charge in [0.25, 0.3) is 0 Å². The molecule has 1 aliphatic heterocycles. The van der Waals surface area contributed by atoms with E-state index in [0.29, 0.717) is 32.2 Å². The monoisotopic (exact) mass is 480 g/mol. The number of carbonyl (C=O) groups excluding carboxylic acids is 3. The molecule has 1 atom stereocenters. The zero-order chi connectivity index (χ0) is 25.1. The molecule has 1 aromatic rings. The molecule has 0 unspecified atom stereocenters. The molecule has 0 bridgehead atoms. The van der Waals surface area contributed by atoms with Gasteiger partial charge in [0.05, 0.1) is 17.6 Å². The van der Waals surface area contributed by atoms with E-state index in [1.54, 1.807) is 24.8 Å². The molecule has 2 fully saturated rings. The SMILES string of the molecule is CC(C)C(=O)NC1(C(=O)N2CCC[C@@H](C(=O)NCc3ccc(C#N)cc3OC(F)(F)F)C2)CC1. The Morgan fingerprint density at radius 1 is 1.29 bits per heavy atom. The Balaban J connectivity index is 1.62. The van der Waals surface area contributed by atoms with Gasteiger partial charge in [-0.1, -0.05) is 19.9 Å². The summed E-state index contributed by atoms with van der Waals surface area (Å²) >= 11 is 0. The lowest BCUT2D eigenvalue weighted by atomic mass is 9.96. The van der Waals surface area contributed by atoms with Crippen LogP contribution in [-0.4, -0.2) is 47.6 Å². The average molecular weight is 480 g/mol. The number of hydrogen-bond acceptors (Lipinski definition) is 5. The fourth-order valence-electron chi connectivity index (χ4n) is 3.89. The van der Waals surface area contributed by atoms with Gasteiger partial charge in [0.1, 0.15) is 11.3 Å². The van der Waals surface area contributed by atoms with Crippen LogP contribution >= 0.6 is 0 Å². The molecule has 1 heterocycles. The number of nitriles is 1. The number of ether oxygens (including phenoxy) is 1. The van der Waals surface area contributed by atoms with Crippen molar-refractivity contribution in [2.24, 2.45) is 11.8 Å². The van der Waals surface area contributed by atoms with E-state index in [1.165, 1.54) is 12.1 Å². The Labute approximate surface area is 195 Å². The third kappa shape index (κ3) is 6.18. The zero-order valence-corrected chi connectivity index (χ0v) is 19.0. The van der Waals surface area contributed by atoms with Gasteiger partial charge in [0, 0.05) is 31.1 Å². The van der Waals surface area contributed by atoms with Crippen LogP contribution in [0.2, 0.25) is 0 Å². The lowest BCUT2D eigenvalue weighted by Crippen LogP contribution is -2.55. The van der Waals surface area contributed by atoms with E-state index < -0.39 is 29.5 Å². The van der Waals surface area contributed by atoms with Crippen molar-refractivity contribution in [2.45, 2.75) is 58.0 Å². The molecule has 1 saturated carbocycles. The van der Waals surface area contributed by atoms with Crippen LogP contribution in [0.15, 0.2) is 18.2 Å². The van der Waals surface area contributed by atoms with Crippen LogP contribution in [-0.2, 0) is 20.9 Å². The molecule has 11 heteroatoms. The van der Waals surface area contributed by atoms with E-state index in [4.69, 9.17) is 5.26 Å². The first kappa shape index (κ1) is 25.3. The molecule has 0 spiro atoms. The molecule has 0 aromatic heterocycles. The molecule has 1 aromatic carbocycles. The second-order valence-corrected chi connectivity index (χ2v) is 9.02. The summed E-state index contributed by atoms with van der Waals surface area (Å²) in [5, 5.41) is 14.4. The summed E-state index contributed by atoms with van der Waals surface area (Å²) in [4.78, 5) is 39.5. The van der Waals surface area contributed by atoms with Gasteiger partial charge < -0.3 is 20.3 Å². The molecule has 2 aliphatic rings. The van der Waals surface area contributed by atoms with E-state index in [1.807, 2.05) is 0 Å². The number of benzene rings is 1. The predicted molar refractivity (Wildman–Crippen MR) is 114 cm³/mol. The van der Waals surface area contributed by atoms with Gasteiger partial charge >= 0.3 is 6.36 Å². The van der Waals surface area contributed by atoms with Gasteiger partial charge in [-0.3, -0.25) is 14.4 Å². The smallest absolute Gasteiger partial charge is 0.405 e. The van der Waals surface area contributed by atoms with E-state index in [9.17, 15) is 27.6 Å². The molecule has 2 N–H and O–H groups in total. The molecular weight excluding hydrogens is 453 g/mol. The third-order valence-electron chi connectivity index (χ3n) is 6.00. The summed E-state index contributed by atoms with van der Waals surface area (Å²) in [5.41, 5.74) is -0.831. The van der Waals surface area contributed by atoms with E-state index in [-0.39, 0.29) is 41.9 Å². The Hall–Kier alpha value is -3.29. The molecule has 1 aliphatic carbocycles. The number of alkyl halides is 3. The number of likely N-dealkylation sites (tertiary alicyclic amines) is 1. The van der Waals surface area contributed by atoms with Crippen LogP contribution in [0.1, 0.15) is 50.7 Å². The van der Waals surface area contributed by atoms with Gasteiger partial charge in [-0.05, 0) is 37.8 Å². The van der Waals surface area contributed by atoms with Crippen LogP contribution in [0.3, 0.4) is 0 Å². The van der Waals surface area contributed by atoms with Crippen molar-refractivity contribution in [3.8, 4) is 11.8 Å². The number of carbonyl (C=O) groups is 3. The Kier molecular flexibility index (Phi) is 7.38. The first-order chi connectivity index (χ1) is 15.9. The highest BCUT2D eigenvalue weighted by atomic mass is 19.4. The first-order valence-corrected chi connectivity index (χ1v) is 11.1. The van der Waals surface area contributed by atoms with Crippen LogP contribution in [0.4, 0.5) is 13.2 Å². The molecule has 184 valence electrons. The van der Waals surface area contributed by atoms with Crippen molar-refractivity contribution in [1.82, 2.24) is 15.5 Å². The van der Waals surface area contributed by atoms with E-state index in [2.05, 4.69) is 15.4 Å². The molecular formula is C23H27F3N4O4. The highest BCUT2D eigenvalue weighted by molar-refractivity contribution is 5.95. The number of halogens is 3. The second-order valence-electron chi connectivity index (χ2n) is 9.02. The number of rotatable bonds is 7. The Morgan fingerprint density at radius 3 is 2.59 bits per heavy atom.